The van der Waals surface area contributed by atoms with Gasteiger partial charge in [0.2, 0.25) is 0 Å². The van der Waals surface area contributed by atoms with Crippen molar-refractivity contribution in [3.8, 4) is 50.6 Å². The summed E-state index contributed by atoms with van der Waals surface area (Å²) in [6.45, 7) is 6.77. The molecule has 0 heterocycles. The zero-order valence-corrected chi connectivity index (χ0v) is 38.0. The van der Waals surface area contributed by atoms with Gasteiger partial charge in [-0.15, -0.1) is 0 Å². The lowest BCUT2D eigenvalue weighted by Gasteiger charge is -2.27. The van der Waals surface area contributed by atoms with Gasteiger partial charge >= 0.3 is 5.97 Å². The van der Waals surface area contributed by atoms with E-state index in [1.54, 1.807) is 0 Å². The lowest BCUT2D eigenvalue weighted by molar-refractivity contribution is -0.0980. The molecule has 4 aliphatic carbocycles. The summed E-state index contributed by atoms with van der Waals surface area (Å²) in [5.41, 5.74) is 15.7. The number of carbonyl (C=O) groups is 2. The number of carbonyl (C=O) groups excluding carboxylic acids is 2. The van der Waals surface area contributed by atoms with Crippen LogP contribution in [0, 0.1) is 11.8 Å². The first-order valence-electron chi connectivity index (χ1n) is 24.3. The molecule has 64 heavy (non-hydrogen) atoms. The fourth-order valence-electron chi connectivity index (χ4n) is 11.2. The van der Waals surface area contributed by atoms with Crippen LogP contribution in [0.2, 0.25) is 0 Å². The summed E-state index contributed by atoms with van der Waals surface area (Å²) in [5, 5.41) is 0. The van der Waals surface area contributed by atoms with E-state index >= 15 is 0 Å². The van der Waals surface area contributed by atoms with Crippen molar-refractivity contribution < 1.29 is 19.1 Å². The second-order valence-electron chi connectivity index (χ2n) is 19.3. The van der Waals surface area contributed by atoms with Crippen LogP contribution in [0.15, 0.2) is 121 Å². The second kappa shape index (κ2) is 20.0. The van der Waals surface area contributed by atoms with Crippen LogP contribution in [0.25, 0.3) is 33.4 Å². The van der Waals surface area contributed by atoms with Gasteiger partial charge in [0.25, 0.3) is 0 Å². The van der Waals surface area contributed by atoms with Crippen LogP contribution >= 0.6 is 0 Å². The van der Waals surface area contributed by atoms with Gasteiger partial charge in [0.05, 0.1) is 5.56 Å². The minimum absolute atomic E-state index is 0.334. The maximum absolute atomic E-state index is 14.1. The average molecular weight is 849 g/mol. The van der Waals surface area contributed by atoms with Crippen molar-refractivity contribution in [2.24, 2.45) is 11.8 Å². The molecule has 4 heteroatoms. The summed E-state index contributed by atoms with van der Waals surface area (Å²) in [5.74, 6) is 5.00. The Morgan fingerprint density at radius 3 is 1.31 bits per heavy atom. The largest absolute Gasteiger partial charge is 0.457 e. The van der Waals surface area contributed by atoms with E-state index in [-0.39, 0.29) is 5.97 Å². The Kier molecular flexibility index (Phi) is 13.6. The Balaban J connectivity index is 0.00000256. The van der Waals surface area contributed by atoms with E-state index in [0.29, 0.717) is 23.1 Å². The number of rotatable bonds is 9. The molecule has 4 aliphatic rings. The SMILES string of the molecule is C=O.CC1CCC(c2ccc(-c3ccc(Oc4ccc5c(c4-c4c(OC(=O)c6ccc(-c7ccc(C8CCC(C)CC8)cc7)cc6)ccc6c4CCCC6)CCCC5)cc3)cc2)CC1. The summed E-state index contributed by atoms with van der Waals surface area (Å²) in [4.78, 5) is 22.1. The van der Waals surface area contributed by atoms with Crippen molar-refractivity contribution >= 4 is 12.8 Å². The van der Waals surface area contributed by atoms with E-state index in [0.717, 1.165) is 78.6 Å². The van der Waals surface area contributed by atoms with Crippen molar-refractivity contribution in [3.05, 3.63) is 160 Å². The molecule has 0 radical (unpaired) electrons. The van der Waals surface area contributed by atoms with Crippen molar-refractivity contribution in [1.82, 2.24) is 0 Å². The van der Waals surface area contributed by atoms with Crippen molar-refractivity contribution in [2.75, 3.05) is 0 Å². The molecule has 2 saturated carbocycles. The van der Waals surface area contributed by atoms with E-state index in [9.17, 15) is 4.79 Å². The van der Waals surface area contributed by atoms with Gasteiger partial charge in [-0.3, -0.25) is 0 Å². The molecule has 4 nitrogen and oxygen atoms in total. The third-order valence-corrected chi connectivity index (χ3v) is 15.1. The first-order valence-corrected chi connectivity index (χ1v) is 24.3. The molecule has 6 aromatic rings. The quantitative estimate of drug-likeness (QED) is 0.107. The molecule has 2 fully saturated rings. The smallest absolute Gasteiger partial charge is 0.343 e. The number of hydrogen-bond donors (Lipinski definition) is 0. The monoisotopic (exact) mass is 848 g/mol. The van der Waals surface area contributed by atoms with Crippen LogP contribution in [0.3, 0.4) is 0 Å². The van der Waals surface area contributed by atoms with E-state index in [2.05, 4.69) is 117 Å². The van der Waals surface area contributed by atoms with Crippen LogP contribution in [0.1, 0.15) is 146 Å². The van der Waals surface area contributed by atoms with Crippen molar-refractivity contribution in [1.29, 1.82) is 0 Å². The molecule has 0 aromatic heterocycles. The molecule has 0 amide bonds. The van der Waals surface area contributed by atoms with E-state index in [1.165, 1.54) is 114 Å². The molecule has 0 bridgehead atoms. The van der Waals surface area contributed by atoms with Gasteiger partial charge in [0, 0.05) is 11.1 Å². The molecule has 0 saturated heterocycles. The zero-order valence-electron chi connectivity index (χ0n) is 38.0. The molecular formula is C60H64O4. The highest BCUT2D eigenvalue weighted by molar-refractivity contribution is 5.94. The molecular weight excluding hydrogens is 785 g/mol. The van der Waals surface area contributed by atoms with Crippen LogP contribution in [0.5, 0.6) is 17.2 Å². The third kappa shape index (κ3) is 9.53. The molecule has 0 N–H and O–H groups in total. The van der Waals surface area contributed by atoms with Crippen LogP contribution in [-0.4, -0.2) is 12.8 Å². The van der Waals surface area contributed by atoms with Crippen LogP contribution in [-0.2, 0) is 30.5 Å². The standard InChI is InChI=1S/C59H62O3.CH2O/c1-39-11-15-41(16-12-39)43-19-23-45(24-20-43)47-27-29-51(30-28-47)59(60)62-56-38-34-50-8-4-6-10-54(50)58(56)57-53-9-5-3-7-49(53)33-37-55(57)61-52-35-31-48(32-36-52)46-25-21-44(22-26-46)42-17-13-40(2)14-18-42;1-2/h19-42H,3-18H2,1-2H3;1H2. The van der Waals surface area contributed by atoms with Gasteiger partial charge in [-0.1, -0.05) is 124 Å². The molecule has 0 unspecified atom stereocenters. The molecule has 0 atom stereocenters. The molecule has 0 aliphatic heterocycles. The Morgan fingerprint density at radius 2 is 0.844 bits per heavy atom. The first kappa shape index (κ1) is 43.5. The highest BCUT2D eigenvalue weighted by Crippen LogP contribution is 2.48. The lowest BCUT2D eigenvalue weighted by Crippen LogP contribution is -2.14. The van der Waals surface area contributed by atoms with Gasteiger partial charge < -0.3 is 14.3 Å². The Bertz CT molecular complexity index is 2520. The second-order valence-corrected chi connectivity index (χ2v) is 19.3. The Hall–Kier alpha value is -5.74. The summed E-state index contributed by atoms with van der Waals surface area (Å²) in [6.07, 6.45) is 19.1. The zero-order chi connectivity index (χ0) is 44.0. The number of esters is 1. The summed E-state index contributed by atoms with van der Waals surface area (Å²) in [7, 11) is 0. The van der Waals surface area contributed by atoms with Gasteiger partial charge in [-0.05, 0) is 193 Å². The van der Waals surface area contributed by atoms with E-state index in [1.807, 2.05) is 25.0 Å². The summed E-state index contributed by atoms with van der Waals surface area (Å²) < 4.78 is 13.4. The topological polar surface area (TPSA) is 52.6 Å². The number of aryl methyl sites for hydroxylation is 2. The fraction of sp³-hybridized carbons (Fsp3) is 0.367. The minimum Gasteiger partial charge on any atom is -0.457 e. The molecule has 0 spiro atoms. The summed E-state index contributed by atoms with van der Waals surface area (Å²) >= 11 is 0. The van der Waals surface area contributed by atoms with Gasteiger partial charge in [-0.25, -0.2) is 4.79 Å². The molecule has 10 rings (SSSR count). The van der Waals surface area contributed by atoms with Crippen LogP contribution in [0.4, 0.5) is 0 Å². The first-order chi connectivity index (χ1) is 31.4. The number of ether oxygens (including phenoxy) is 2. The van der Waals surface area contributed by atoms with Crippen molar-refractivity contribution in [2.45, 2.75) is 128 Å². The predicted octanol–water partition coefficient (Wildman–Crippen LogP) is 15.9. The van der Waals surface area contributed by atoms with Gasteiger partial charge in [-0.2, -0.15) is 0 Å². The number of fused-ring (bicyclic) bond motifs is 2. The third-order valence-electron chi connectivity index (χ3n) is 15.1. The van der Waals surface area contributed by atoms with Crippen molar-refractivity contribution in [3.63, 3.8) is 0 Å². The van der Waals surface area contributed by atoms with E-state index in [4.69, 9.17) is 14.3 Å². The normalized spacial score (nSPS) is 20.5. The maximum atomic E-state index is 14.1. The number of benzene rings is 6. The molecule has 6 aromatic carbocycles. The van der Waals surface area contributed by atoms with Crippen LogP contribution < -0.4 is 9.47 Å². The van der Waals surface area contributed by atoms with Gasteiger partial charge in [0.1, 0.15) is 24.0 Å². The van der Waals surface area contributed by atoms with E-state index < -0.39 is 0 Å². The fourth-order valence-corrected chi connectivity index (χ4v) is 11.2. The average Bonchev–Trinajstić information content (AvgIpc) is 3.35. The highest BCUT2D eigenvalue weighted by atomic mass is 16.5. The maximum Gasteiger partial charge on any atom is 0.343 e. The molecule has 328 valence electrons. The van der Waals surface area contributed by atoms with Gasteiger partial charge in [0.15, 0.2) is 0 Å². The lowest BCUT2D eigenvalue weighted by atomic mass is 9.79. The predicted molar refractivity (Wildman–Crippen MR) is 262 cm³/mol. The minimum atomic E-state index is -0.334. The Morgan fingerprint density at radius 1 is 0.453 bits per heavy atom. The number of hydrogen-bond acceptors (Lipinski definition) is 4. The highest BCUT2D eigenvalue weighted by Gasteiger charge is 2.28. The summed E-state index contributed by atoms with van der Waals surface area (Å²) in [6, 6.07) is 43.5. The Labute approximate surface area is 381 Å².